The fourth-order valence-electron chi connectivity index (χ4n) is 6.08. The minimum absolute atomic E-state index is 0.110. The molecule has 3 aliphatic rings. The zero-order valence-corrected chi connectivity index (χ0v) is 22.4. The number of hydrogen-bond donors (Lipinski definition) is 0. The standard InChI is InChI=1S/C31H37NO4/c1-9-11-19-13-20(14-25(35-8)29(19)36-12-10-2)26-27-21(15-30(3,4)17-23(27)33)32(7)22-16-31(5,6)18-24(34)28(22)26/h2,9,13-14,26H,1,11-12,15-18H2,3-8H3. The third-order valence-electron chi connectivity index (χ3n) is 7.55. The van der Waals surface area contributed by atoms with Crippen molar-refractivity contribution in [1.82, 2.24) is 4.90 Å². The van der Waals surface area contributed by atoms with E-state index in [4.69, 9.17) is 15.9 Å². The number of ketones is 2. The van der Waals surface area contributed by atoms with E-state index in [1.54, 1.807) is 13.2 Å². The summed E-state index contributed by atoms with van der Waals surface area (Å²) in [5, 5.41) is 0. The van der Waals surface area contributed by atoms with Gasteiger partial charge in [0.15, 0.2) is 23.1 Å². The van der Waals surface area contributed by atoms with Crippen LogP contribution in [0.1, 0.15) is 70.4 Å². The van der Waals surface area contributed by atoms with Crippen LogP contribution in [0.2, 0.25) is 0 Å². The molecule has 0 saturated heterocycles. The Labute approximate surface area is 215 Å². The number of allylic oxidation sites excluding steroid dienone is 5. The first kappa shape index (κ1) is 25.8. The molecule has 0 bridgehead atoms. The summed E-state index contributed by atoms with van der Waals surface area (Å²) in [6, 6.07) is 3.94. The summed E-state index contributed by atoms with van der Waals surface area (Å²) in [4.78, 5) is 29.6. The van der Waals surface area contributed by atoms with Crippen molar-refractivity contribution in [2.24, 2.45) is 10.8 Å². The monoisotopic (exact) mass is 487 g/mol. The van der Waals surface area contributed by atoms with Gasteiger partial charge in [0.05, 0.1) is 7.11 Å². The van der Waals surface area contributed by atoms with Gasteiger partial charge in [-0.25, -0.2) is 0 Å². The summed E-state index contributed by atoms with van der Waals surface area (Å²) < 4.78 is 11.6. The van der Waals surface area contributed by atoms with Gasteiger partial charge in [-0.05, 0) is 41.7 Å². The number of carbonyl (C=O) groups is 2. The Balaban J connectivity index is 1.99. The molecule has 0 aromatic heterocycles. The van der Waals surface area contributed by atoms with Crippen LogP contribution in [0.3, 0.4) is 0 Å². The summed E-state index contributed by atoms with van der Waals surface area (Å²) in [5.41, 5.74) is 5.00. The van der Waals surface area contributed by atoms with Crippen LogP contribution in [0, 0.1) is 23.2 Å². The zero-order chi connectivity index (χ0) is 26.4. The molecule has 0 atom stereocenters. The second-order valence-electron chi connectivity index (χ2n) is 11.8. The summed E-state index contributed by atoms with van der Waals surface area (Å²) >= 11 is 0. The van der Waals surface area contributed by atoms with E-state index in [2.05, 4.69) is 45.1 Å². The number of benzene rings is 1. The Morgan fingerprint density at radius 3 is 2.08 bits per heavy atom. The number of hydrogen-bond acceptors (Lipinski definition) is 5. The molecule has 0 unspecified atom stereocenters. The number of Topliss-reactive ketones (excluding diaryl/α,β-unsaturated/α-hetero) is 2. The Morgan fingerprint density at radius 1 is 1.06 bits per heavy atom. The molecule has 5 nitrogen and oxygen atoms in total. The van der Waals surface area contributed by atoms with Gasteiger partial charge in [-0.15, -0.1) is 13.0 Å². The maximum absolute atomic E-state index is 13.7. The molecule has 1 aromatic carbocycles. The largest absolute Gasteiger partial charge is 0.493 e. The first-order chi connectivity index (χ1) is 16.9. The Bertz CT molecular complexity index is 1180. The number of terminal acetylenes is 1. The topological polar surface area (TPSA) is 55.8 Å². The van der Waals surface area contributed by atoms with Crippen molar-refractivity contribution in [2.45, 2.75) is 65.7 Å². The van der Waals surface area contributed by atoms with Crippen molar-refractivity contribution >= 4 is 11.6 Å². The minimum Gasteiger partial charge on any atom is -0.493 e. The number of rotatable bonds is 6. The molecule has 0 N–H and O–H groups in total. The highest BCUT2D eigenvalue weighted by Gasteiger charge is 2.48. The molecule has 2 aliphatic carbocycles. The van der Waals surface area contributed by atoms with E-state index in [0.29, 0.717) is 30.8 Å². The summed E-state index contributed by atoms with van der Waals surface area (Å²) in [6.45, 7) is 12.6. The normalized spacial score (nSPS) is 21.1. The van der Waals surface area contributed by atoms with Gasteiger partial charge >= 0.3 is 0 Å². The average molecular weight is 488 g/mol. The highest BCUT2D eigenvalue weighted by Crippen LogP contribution is 2.54. The molecule has 36 heavy (non-hydrogen) atoms. The minimum atomic E-state index is -0.433. The van der Waals surface area contributed by atoms with Crippen LogP contribution in [-0.2, 0) is 16.0 Å². The number of methoxy groups -OCH3 is 1. The smallest absolute Gasteiger partial charge is 0.166 e. The third-order valence-corrected chi connectivity index (χ3v) is 7.55. The molecule has 4 rings (SSSR count). The molecule has 0 amide bonds. The van der Waals surface area contributed by atoms with E-state index in [1.165, 1.54) is 0 Å². The van der Waals surface area contributed by atoms with Gasteiger partial charge in [-0.3, -0.25) is 9.59 Å². The van der Waals surface area contributed by atoms with Crippen LogP contribution in [-0.4, -0.2) is 37.2 Å². The lowest BCUT2D eigenvalue weighted by molar-refractivity contribution is -0.119. The number of carbonyl (C=O) groups excluding carboxylic acids is 2. The quantitative estimate of drug-likeness (QED) is 0.378. The van der Waals surface area contributed by atoms with E-state index >= 15 is 0 Å². The molecule has 190 valence electrons. The number of ether oxygens (including phenoxy) is 2. The molecule has 1 heterocycles. The predicted molar refractivity (Wildman–Crippen MR) is 142 cm³/mol. The van der Waals surface area contributed by atoms with Crippen LogP contribution in [0.5, 0.6) is 11.5 Å². The Kier molecular flexibility index (Phi) is 6.68. The Morgan fingerprint density at radius 2 is 1.61 bits per heavy atom. The molecule has 0 saturated carbocycles. The molecule has 0 fully saturated rings. The average Bonchev–Trinajstić information content (AvgIpc) is 2.78. The van der Waals surface area contributed by atoms with E-state index in [-0.39, 0.29) is 29.0 Å². The van der Waals surface area contributed by atoms with E-state index in [0.717, 1.165) is 46.5 Å². The second-order valence-corrected chi connectivity index (χ2v) is 11.8. The summed E-state index contributed by atoms with van der Waals surface area (Å²) in [5.74, 6) is 3.40. The molecule has 0 spiro atoms. The first-order valence-corrected chi connectivity index (χ1v) is 12.6. The van der Waals surface area contributed by atoms with Gasteiger partial charge in [0.2, 0.25) is 0 Å². The fraction of sp³-hybridized carbons (Fsp3) is 0.484. The molecular formula is C31H37NO4. The van der Waals surface area contributed by atoms with Crippen LogP contribution in [0.25, 0.3) is 0 Å². The third kappa shape index (κ3) is 4.50. The van der Waals surface area contributed by atoms with Crippen LogP contribution < -0.4 is 9.47 Å². The molecular weight excluding hydrogens is 450 g/mol. The lowest BCUT2D eigenvalue weighted by atomic mass is 9.63. The van der Waals surface area contributed by atoms with Crippen molar-refractivity contribution in [1.29, 1.82) is 0 Å². The van der Waals surface area contributed by atoms with Gasteiger partial charge in [0, 0.05) is 53.9 Å². The molecule has 0 radical (unpaired) electrons. The highest BCUT2D eigenvalue weighted by molar-refractivity contribution is 6.06. The summed E-state index contributed by atoms with van der Waals surface area (Å²) in [7, 11) is 3.61. The Hall–Kier alpha value is -3.26. The van der Waals surface area contributed by atoms with Crippen LogP contribution >= 0.6 is 0 Å². The van der Waals surface area contributed by atoms with Crippen molar-refractivity contribution in [3.8, 4) is 23.8 Å². The van der Waals surface area contributed by atoms with Gasteiger partial charge in [0.1, 0.15) is 6.61 Å². The first-order valence-electron chi connectivity index (χ1n) is 12.6. The number of nitrogens with zero attached hydrogens (tertiary/aromatic N) is 1. The SMILES string of the molecule is C#CCOc1c(CC=C)cc(C2C3=C(CC(C)(C)CC3=O)N(C)C3=C2C(=O)CC(C)(C)C3)cc1OC. The summed E-state index contributed by atoms with van der Waals surface area (Å²) in [6.07, 6.45) is 10.3. The zero-order valence-electron chi connectivity index (χ0n) is 22.4. The molecule has 1 aromatic rings. The molecule has 1 aliphatic heterocycles. The van der Waals surface area contributed by atoms with Crippen molar-refractivity contribution < 1.29 is 19.1 Å². The predicted octanol–water partition coefficient (Wildman–Crippen LogP) is 5.75. The molecule has 5 heteroatoms. The fourth-order valence-corrected chi connectivity index (χ4v) is 6.08. The van der Waals surface area contributed by atoms with Crippen LogP contribution in [0.4, 0.5) is 0 Å². The van der Waals surface area contributed by atoms with E-state index in [9.17, 15) is 9.59 Å². The van der Waals surface area contributed by atoms with E-state index < -0.39 is 5.92 Å². The van der Waals surface area contributed by atoms with E-state index in [1.807, 2.05) is 19.2 Å². The maximum Gasteiger partial charge on any atom is 0.166 e. The lowest BCUT2D eigenvalue weighted by Crippen LogP contribution is -2.43. The van der Waals surface area contributed by atoms with Crippen molar-refractivity contribution in [3.63, 3.8) is 0 Å². The van der Waals surface area contributed by atoms with Gasteiger partial charge < -0.3 is 14.4 Å². The van der Waals surface area contributed by atoms with Gasteiger partial charge in [-0.2, -0.15) is 0 Å². The van der Waals surface area contributed by atoms with Crippen molar-refractivity contribution in [3.05, 3.63) is 58.5 Å². The second kappa shape index (κ2) is 9.32. The highest BCUT2D eigenvalue weighted by atomic mass is 16.5. The lowest BCUT2D eigenvalue weighted by Gasteiger charge is -2.48. The van der Waals surface area contributed by atoms with Crippen LogP contribution in [0.15, 0.2) is 47.3 Å². The maximum atomic E-state index is 13.7. The van der Waals surface area contributed by atoms with Gasteiger partial charge in [-0.1, -0.05) is 45.8 Å². The van der Waals surface area contributed by atoms with Gasteiger partial charge in [0.25, 0.3) is 0 Å². The van der Waals surface area contributed by atoms with Crippen molar-refractivity contribution in [2.75, 3.05) is 20.8 Å².